The van der Waals surface area contributed by atoms with E-state index in [9.17, 15) is 4.39 Å². The van der Waals surface area contributed by atoms with Gasteiger partial charge in [-0.05, 0) is 36.2 Å². The molecule has 2 rings (SSSR count). The molecule has 0 aliphatic rings. The predicted octanol–water partition coefficient (Wildman–Crippen LogP) is 2.69. The van der Waals surface area contributed by atoms with Crippen LogP contribution in [0.25, 0.3) is 0 Å². The van der Waals surface area contributed by atoms with Crippen LogP contribution >= 0.6 is 0 Å². The summed E-state index contributed by atoms with van der Waals surface area (Å²) >= 11 is 0. The third kappa shape index (κ3) is 4.61. The number of nitrogens with two attached hydrogens (primary N) is 1. The van der Waals surface area contributed by atoms with E-state index in [0.717, 1.165) is 6.42 Å². The predicted molar refractivity (Wildman–Crippen MR) is 74.7 cm³/mol. The van der Waals surface area contributed by atoms with Crippen molar-refractivity contribution >= 4 is 6.02 Å². The summed E-state index contributed by atoms with van der Waals surface area (Å²) in [4.78, 5) is 13.7. The van der Waals surface area contributed by atoms with Crippen LogP contribution in [0.1, 0.15) is 5.56 Å². The lowest BCUT2D eigenvalue weighted by Gasteiger charge is -2.04. The summed E-state index contributed by atoms with van der Waals surface area (Å²) < 4.78 is 12.7. The maximum absolute atomic E-state index is 12.7. The molecule has 0 atom stereocenters. The van der Waals surface area contributed by atoms with Crippen molar-refractivity contribution in [2.24, 2.45) is 10.7 Å². The Morgan fingerprint density at radius 3 is 2.45 bits per heavy atom. The number of amidine groups is 1. The second-order valence-electron chi connectivity index (χ2n) is 4.08. The number of benzene rings is 2. The monoisotopic (exact) mass is 274 g/mol. The van der Waals surface area contributed by atoms with Gasteiger partial charge in [-0.1, -0.05) is 30.3 Å². The van der Waals surface area contributed by atoms with E-state index in [1.807, 2.05) is 30.3 Å². The zero-order valence-corrected chi connectivity index (χ0v) is 10.8. The lowest BCUT2D eigenvalue weighted by atomic mass is 10.2. The lowest BCUT2D eigenvalue weighted by molar-refractivity contribution is -0.118. The first-order valence-electron chi connectivity index (χ1n) is 6.18. The lowest BCUT2D eigenvalue weighted by Crippen LogP contribution is -2.19. The van der Waals surface area contributed by atoms with Crippen LogP contribution in [-0.4, -0.2) is 12.6 Å². The maximum atomic E-state index is 12.7. The summed E-state index contributed by atoms with van der Waals surface area (Å²) in [7, 11) is 0. The minimum atomic E-state index is -0.346. The molecule has 0 unspecified atom stereocenters. The molecule has 20 heavy (non-hydrogen) atoms. The SMILES string of the molecule is NC(=NCCc1ccccc1)OOc1ccc(F)cc1. The Labute approximate surface area is 116 Å². The van der Waals surface area contributed by atoms with Crippen LogP contribution in [0.3, 0.4) is 0 Å². The van der Waals surface area contributed by atoms with Gasteiger partial charge in [0.2, 0.25) is 0 Å². The first-order valence-corrected chi connectivity index (χ1v) is 6.18. The summed E-state index contributed by atoms with van der Waals surface area (Å²) in [5.74, 6) is 0.00876. The highest BCUT2D eigenvalue weighted by atomic mass is 19.1. The minimum Gasteiger partial charge on any atom is -0.350 e. The number of nitrogens with zero attached hydrogens (tertiary/aromatic N) is 1. The molecule has 2 aromatic carbocycles. The second kappa shape index (κ2) is 7.13. The van der Waals surface area contributed by atoms with Gasteiger partial charge in [0.15, 0.2) is 5.75 Å². The molecule has 0 aliphatic carbocycles. The Morgan fingerprint density at radius 2 is 1.75 bits per heavy atom. The topological polar surface area (TPSA) is 56.8 Å². The molecule has 0 saturated carbocycles. The van der Waals surface area contributed by atoms with E-state index in [-0.39, 0.29) is 11.8 Å². The Hall–Kier alpha value is -2.56. The van der Waals surface area contributed by atoms with Crippen molar-refractivity contribution in [3.05, 3.63) is 66.0 Å². The van der Waals surface area contributed by atoms with Gasteiger partial charge < -0.3 is 5.73 Å². The molecule has 5 heteroatoms. The average molecular weight is 274 g/mol. The molecule has 0 spiro atoms. The van der Waals surface area contributed by atoms with E-state index in [1.165, 1.54) is 29.8 Å². The van der Waals surface area contributed by atoms with Gasteiger partial charge in [-0.25, -0.2) is 9.38 Å². The van der Waals surface area contributed by atoms with Crippen molar-refractivity contribution in [1.82, 2.24) is 0 Å². The van der Waals surface area contributed by atoms with E-state index in [0.29, 0.717) is 12.3 Å². The van der Waals surface area contributed by atoms with Gasteiger partial charge in [-0.15, -0.1) is 0 Å². The molecular weight excluding hydrogens is 259 g/mol. The molecule has 0 bridgehead atoms. The zero-order chi connectivity index (χ0) is 14.2. The highest BCUT2D eigenvalue weighted by Crippen LogP contribution is 2.11. The molecule has 4 nitrogen and oxygen atoms in total. The normalized spacial score (nSPS) is 11.2. The smallest absolute Gasteiger partial charge is 0.333 e. The van der Waals surface area contributed by atoms with Crippen molar-refractivity contribution in [3.8, 4) is 5.75 Å². The molecule has 0 aromatic heterocycles. The van der Waals surface area contributed by atoms with Crippen molar-refractivity contribution in [1.29, 1.82) is 0 Å². The van der Waals surface area contributed by atoms with Crippen molar-refractivity contribution in [2.45, 2.75) is 6.42 Å². The van der Waals surface area contributed by atoms with Gasteiger partial charge in [0.1, 0.15) is 5.82 Å². The number of hydrogen-bond donors (Lipinski definition) is 1. The van der Waals surface area contributed by atoms with Gasteiger partial charge in [0, 0.05) is 6.54 Å². The molecule has 104 valence electrons. The first kappa shape index (κ1) is 13.9. The van der Waals surface area contributed by atoms with E-state index in [4.69, 9.17) is 15.5 Å². The van der Waals surface area contributed by atoms with Gasteiger partial charge in [0.25, 0.3) is 0 Å². The van der Waals surface area contributed by atoms with Gasteiger partial charge >= 0.3 is 6.02 Å². The first-order chi connectivity index (χ1) is 9.74. The van der Waals surface area contributed by atoms with Crippen molar-refractivity contribution < 1.29 is 14.2 Å². The fourth-order valence-corrected chi connectivity index (χ4v) is 1.55. The Morgan fingerprint density at radius 1 is 1.05 bits per heavy atom. The van der Waals surface area contributed by atoms with Gasteiger partial charge in [-0.2, -0.15) is 0 Å². The molecule has 0 fully saturated rings. The average Bonchev–Trinajstić information content (AvgIpc) is 2.48. The number of aliphatic imine (C=N–C) groups is 1. The Balaban J connectivity index is 1.75. The second-order valence-corrected chi connectivity index (χ2v) is 4.08. The molecule has 2 N–H and O–H groups in total. The molecular formula is C15H15FN2O2. The summed E-state index contributed by atoms with van der Waals surface area (Å²) in [6.07, 6.45) is 0.765. The number of halogens is 1. The number of rotatable bonds is 5. The largest absolute Gasteiger partial charge is 0.350 e. The van der Waals surface area contributed by atoms with Crippen LogP contribution in [0.2, 0.25) is 0 Å². The third-order valence-corrected chi connectivity index (χ3v) is 2.55. The molecule has 0 heterocycles. The fraction of sp³-hybridized carbons (Fsp3) is 0.133. The van der Waals surface area contributed by atoms with E-state index < -0.39 is 0 Å². The summed E-state index contributed by atoms with van der Waals surface area (Å²) in [5, 5.41) is 0. The molecule has 0 amide bonds. The van der Waals surface area contributed by atoms with Gasteiger partial charge in [-0.3, -0.25) is 9.78 Å². The minimum absolute atomic E-state index is 0.0646. The van der Waals surface area contributed by atoms with E-state index in [1.54, 1.807) is 0 Å². The summed E-state index contributed by atoms with van der Waals surface area (Å²) in [6.45, 7) is 0.503. The fourth-order valence-electron chi connectivity index (χ4n) is 1.55. The zero-order valence-electron chi connectivity index (χ0n) is 10.8. The highest BCUT2D eigenvalue weighted by molar-refractivity contribution is 5.70. The molecule has 0 aliphatic heterocycles. The molecule has 0 saturated heterocycles. The highest BCUT2D eigenvalue weighted by Gasteiger charge is 1.99. The standard InChI is InChI=1S/C15H15FN2O2/c16-13-6-8-14(9-7-13)19-20-15(17)18-11-10-12-4-2-1-3-5-12/h1-9H,10-11H2,(H2,17,18). The van der Waals surface area contributed by atoms with Crippen LogP contribution < -0.4 is 10.6 Å². The molecule has 2 aromatic rings. The van der Waals surface area contributed by atoms with Gasteiger partial charge in [0.05, 0.1) is 0 Å². The molecule has 0 radical (unpaired) electrons. The van der Waals surface area contributed by atoms with Crippen LogP contribution in [-0.2, 0) is 11.3 Å². The summed E-state index contributed by atoms with van der Waals surface area (Å²) in [5.41, 5.74) is 6.71. The van der Waals surface area contributed by atoms with Crippen molar-refractivity contribution in [2.75, 3.05) is 6.54 Å². The Kier molecular flexibility index (Phi) is 4.94. The van der Waals surface area contributed by atoms with E-state index in [2.05, 4.69) is 4.99 Å². The van der Waals surface area contributed by atoms with Crippen LogP contribution in [0.5, 0.6) is 5.75 Å². The Bertz CT molecular complexity index is 556. The maximum Gasteiger partial charge on any atom is 0.333 e. The van der Waals surface area contributed by atoms with Crippen LogP contribution in [0, 0.1) is 5.82 Å². The summed E-state index contributed by atoms with van der Waals surface area (Å²) in [6, 6.07) is 15.3. The van der Waals surface area contributed by atoms with Crippen LogP contribution in [0.4, 0.5) is 4.39 Å². The van der Waals surface area contributed by atoms with E-state index >= 15 is 0 Å². The number of hydrogen-bond acceptors (Lipinski definition) is 3. The quantitative estimate of drug-likeness (QED) is 0.395. The third-order valence-electron chi connectivity index (χ3n) is 2.55. The van der Waals surface area contributed by atoms with Crippen LogP contribution in [0.15, 0.2) is 59.6 Å². The van der Waals surface area contributed by atoms with Crippen molar-refractivity contribution in [3.63, 3.8) is 0 Å².